The van der Waals surface area contributed by atoms with Crippen molar-refractivity contribution in [2.75, 3.05) is 18.5 Å². The van der Waals surface area contributed by atoms with E-state index in [-0.39, 0.29) is 17.6 Å². The molecular formula is C23H27N7O2. The lowest BCUT2D eigenvalue weighted by Crippen LogP contribution is -2.59. The molecule has 9 heteroatoms. The second-order valence-electron chi connectivity index (χ2n) is 8.28. The zero-order valence-corrected chi connectivity index (χ0v) is 18.5. The molecule has 1 amide bonds. The first-order valence-electron chi connectivity index (χ1n) is 10.7. The summed E-state index contributed by atoms with van der Waals surface area (Å²) in [7, 11) is 0. The number of ether oxygens (including phenoxy) is 1. The maximum absolute atomic E-state index is 11.4. The Morgan fingerprint density at radius 3 is 2.91 bits per heavy atom. The Kier molecular flexibility index (Phi) is 5.97. The Balaban J connectivity index is 1.52. The highest BCUT2D eigenvalue weighted by Crippen LogP contribution is 2.31. The molecule has 1 saturated heterocycles. The van der Waals surface area contributed by atoms with E-state index in [0.29, 0.717) is 24.5 Å². The number of fused-ring (bicyclic) bond motifs is 1. The number of hydrogen-bond acceptors (Lipinski definition) is 7. The van der Waals surface area contributed by atoms with Gasteiger partial charge in [-0.3, -0.25) is 10.1 Å². The normalized spacial score (nSPS) is 20.5. The van der Waals surface area contributed by atoms with Crippen molar-refractivity contribution in [2.24, 2.45) is 0 Å². The molecule has 166 valence electrons. The molecule has 3 N–H and O–H groups in total. The topological polar surface area (TPSA) is 116 Å². The zero-order chi connectivity index (χ0) is 22.7. The van der Waals surface area contributed by atoms with Crippen LogP contribution in [-0.2, 0) is 4.79 Å². The summed E-state index contributed by atoms with van der Waals surface area (Å²) >= 11 is 0. The van der Waals surface area contributed by atoms with Crippen molar-refractivity contribution in [2.45, 2.75) is 45.3 Å². The Bertz CT molecular complexity index is 1160. The van der Waals surface area contributed by atoms with Crippen LogP contribution in [0.3, 0.4) is 0 Å². The van der Waals surface area contributed by atoms with Gasteiger partial charge in [-0.1, -0.05) is 0 Å². The molecule has 1 aliphatic rings. The van der Waals surface area contributed by atoms with Crippen molar-refractivity contribution in [1.82, 2.24) is 25.2 Å². The van der Waals surface area contributed by atoms with Gasteiger partial charge in [0.2, 0.25) is 5.91 Å². The molecule has 4 heterocycles. The van der Waals surface area contributed by atoms with Gasteiger partial charge in [0, 0.05) is 36.3 Å². The van der Waals surface area contributed by atoms with E-state index < -0.39 is 0 Å². The minimum Gasteiger partial charge on any atom is -0.492 e. The van der Waals surface area contributed by atoms with Gasteiger partial charge >= 0.3 is 0 Å². The van der Waals surface area contributed by atoms with Gasteiger partial charge in [-0.2, -0.15) is 10.4 Å². The predicted molar refractivity (Wildman–Crippen MR) is 121 cm³/mol. The Labute approximate surface area is 186 Å². The first-order valence-corrected chi connectivity index (χ1v) is 10.7. The average Bonchev–Trinajstić information content (AvgIpc) is 3.18. The van der Waals surface area contributed by atoms with Crippen molar-refractivity contribution in [3.05, 3.63) is 42.4 Å². The highest BCUT2D eigenvalue weighted by molar-refractivity contribution is 5.85. The second kappa shape index (κ2) is 8.85. The predicted octanol–water partition coefficient (Wildman–Crippen LogP) is 2.68. The Morgan fingerprint density at radius 2 is 2.28 bits per heavy atom. The summed E-state index contributed by atoms with van der Waals surface area (Å²) in [6.07, 6.45) is 6.92. The lowest BCUT2D eigenvalue weighted by Gasteiger charge is -2.39. The number of nitrogens with zero attached hydrogens (tertiary/aromatic N) is 4. The molecule has 1 fully saturated rings. The third-order valence-electron chi connectivity index (χ3n) is 5.62. The number of hydrogen-bond donors (Lipinski definition) is 3. The van der Waals surface area contributed by atoms with Crippen LogP contribution in [-0.4, -0.2) is 45.4 Å². The molecule has 0 bridgehead atoms. The second-order valence-corrected chi connectivity index (χ2v) is 8.28. The monoisotopic (exact) mass is 433 g/mol. The van der Waals surface area contributed by atoms with E-state index in [0.717, 1.165) is 35.3 Å². The molecule has 0 spiro atoms. The lowest BCUT2D eigenvalue weighted by atomic mass is 9.91. The summed E-state index contributed by atoms with van der Waals surface area (Å²) in [6.45, 7) is 6.74. The number of carbonyl (C=O) groups is 1. The smallest absolute Gasteiger partial charge is 0.217 e. The van der Waals surface area contributed by atoms with Crippen LogP contribution in [0.5, 0.6) is 5.75 Å². The fraction of sp³-hybridized carbons (Fsp3) is 0.391. The number of anilines is 1. The highest BCUT2D eigenvalue weighted by atomic mass is 16.5. The number of piperidine rings is 1. The van der Waals surface area contributed by atoms with Crippen LogP contribution in [0.15, 0.2) is 36.8 Å². The first kappa shape index (κ1) is 21.6. The number of aromatic nitrogens is 3. The molecular weight excluding hydrogens is 406 g/mol. The van der Waals surface area contributed by atoms with Crippen LogP contribution in [0.1, 0.15) is 39.2 Å². The van der Waals surface area contributed by atoms with Crippen molar-refractivity contribution < 1.29 is 9.53 Å². The molecule has 2 unspecified atom stereocenters. The molecule has 3 aromatic heterocycles. The number of nitriles is 1. The number of rotatable bonds is 6. The molecule has 3 aromatic rings. The Hall–Kier alpha value is -3.64. The number of pyridine rings is 2. The van der Waals surface area contributed by atoms with Gasteiger partial charge < -0.3 is 15.4 Å². The maximum Gasteiger partial charge on any atom is 0.217 e. The van der Waals surface area contributed by atoms with Gasteiger partial charge in [0.1, 0.15) is 17.6 Å². The number of carbonyl (C=O) groups excluding carboxylic acids is 1. The van der Waals surface area contributed by atoms with E-state index in [2.05, 4.69) is 32.1 Å². The molecule has 32 heavy (non-hydrogen) atoms. The maximum atomic E-state index is 11.4. The van der Waals surface area contributed by atoms with Crippen molar-refractivity contribution in [1.29, 1.82) is 5.26 Å². The minimum atomic E-state index is -0.234. The number of nitrogens with one attached hydrogen (secondary N) is 3. The van der Waals surface area contributed by atoms with Crippen LogP contribution in [0.2, 0.25) is 0 Å². The summed E-state index contributed by atoms with van der Waals surface area (Å²) in [6, 6.07) is 8.01. The van der Waals surface area contributed by atoms with Gasteiger partial charge in [-0.05, 0) is 44.9 Å². The molecule has 9 nitrogen and oxygen atoms in total. The zero-order valence-electron chi connectivity index (χ0n) is 18.5. The third-order valence-corrected chi connectivity index (χ3v) is 5.62. The lowest BCUT2D eigenvalue weighted by molar-refractivity contribution is -0.120. The quantitative estimate of drug-likeness (QED) is 0.547. The first-order chi connectivity index (χ1) is 15.4. The largest absolute Gasteiger partial charge is 0.492 e. The third kappa shape index (κ3) is 4.50. The van der Waals surface area contributed by atoms with Gasteiger partial charge in [0.05, 0.1) is 36.2 Å². The highest BCUT2D eigenvalue weighted by Gasteiger charge is 2.31. The SMILES string of the molecule is CCOc1cc(-c2ccc(NC3CCC(C)(NC(C)=O)CN3)nc2)c2c(C#N)cnn2c1. The van der Waals surface area contributed by atoms with Crippen LogP contribution in [0.25, 0.3) is 16.6 Å². The molecule has 4 rings (SSSR count). The van der Waals surface area contributed by atoms with Crippen molar-refractivity contribution >= 4 is 17.2 Å². The van der Waals surface area contributed by atoms with Crippen LogP contribution < -0.4 is 20.7 Å². The van der Waals surface area contributed by atoms with Crippen LogP contribution in [0.4, 0.5) is 5.82 Å². The summed E-state index contributed by atoms with van der Waals surface area (Å²) in [5.74, 6) is 1.41. The van der Waals surface area contributed by atoms with Gasteiger partial charge in [-0.25, -0.2) is 9.50 Å². The van der Waals surface area contributed by atoms with E-state index in [1.807, 2.05) is 32.0 Å². The molecule has 0 aromatic carbocycles. The molecule has 0 aliphatic carbocycles. The van der Waals surface area contributed by atoms with Gasteiger partial charge in [0.25, 0.3) is 0 Å². The van der Waals surface area contributed by atoms with Crippen LogP contribution in [0, 0.1) is 11.3 Å². The fourth-order valence-electron chi connectivity index (χ4n) is 4.12. The van der Waals surface area contributed by atoms with Crippen molar-refractivity contribution in [3.63, 3.8) is 0 Å². The van der Waals surface area contributed by atoms with Gasteiger partial charge in [-0.15, -0.1) is 0 Å². The molecule has 1 aliphatic heterocycles. The van der Waals surface area contributed by atoms with E-state index in [9.17, 15) is 10.1 Å². The molecule has 2 atom stereocenters. The van der Waals surface area contributed by atoms with E-state index in [1.54, 1.807) is 30.0 Å². The summed E-state index contributed by atoms with van der Waals surface area (Å²) in [4.78, 5) is 16.0. The summed E-state index contributed by atoms with van der Waals surface area (Å²) in [5, 5.41) is 23.6. The van der Waals surface area contributed by atoms with E-state index >= 15 is 0 Å². The van der Waals surface area contributed by atoms with E-state index in [1.165, 1.54) is 0 Å². The minimum absolute atomic E-state index is 0.0155. The summed E-state index contributed by atoms with van der Waals surface area (Å²) in [5.41, 5.74) is 2.70. The standard InChI is InChI=1S/C23H27N7O2/c1-4-32-18-9-19(22-17(10-24)12-27-30(22)13-18)16-5-6-20(25-11-16)28-21-7-8-23(3,14-26-21)29-15(2)31/h5-6,9,11-13,21,26H,4,7-8,14H2,1-3H3,(H,25,28)(H,29,31). The van der Waals surface area contributed by atoms with E-state index in [4.69, 9.17) is 4.74 Å². The Morgan fingerprint density at radius 1 is 1.44 bits per heavy atom. The fourth-order valence-corrected chi connectivity index (χ4v) is 4.12. The average molecular weight is 434 g/mol. The summed E-state index contributed by atoms with van der Waals surface area (Å²) < 4.78 is 7.34. The molecule has 0 radical (unpaired) electrons. The van der Waals surface area contributed by atoms with Crippen molar-refractivity contribution in [3.8, 4) is 22.9 Å². The van der Waals surface area contributed by atoms with Crippen LogP contribution >= 0.6 is 0 Å². The number of amides is 1. The molecule has 0 saturated carbocycles. The van der Waals surface area contributed by atoms with Gasteiger partial charge in [0.15, 0.2) is 0 Å².